The van der Waals surface area contributed by atoms with Crippen LogP contribution in [0, 0.1) is 0 Å². The molecule has 16 heavy (non-hydrogen) atoms. The Morgan fingerprint density at radius 2 is 2.06 bits per heavy atom. The van der Waals surface area contributed by atoms with Gasteiger partial charge < -0.3 is 19.7 Å². The van der Waals surface area contributed by atoms with Gasteiger partial charge in [0, 0.05) is 19.7 Å². The van der Waals surface area contributed by atoms with Crippen molar-refractivity contribution in [3.63, 3.8) is 0 Å². The number of carbonyl (C=O) groups is 1. The van der Waals surface area contributed by atoms with Crippen LogP contribution in [0.15, 0.2) is 0 Å². The molecule has 2 unspecified atom stereocenters. The first-order valence-corrected chi connectivity index (χ1v) is 5.51. The summed E-state index contributed by atoms with van der Waals surface area (Å²) in [5.41, 5.74) is 0. The quantitative estimate of drug-likeness (QED) is 0.602. The van der Waals surface area contributed by atoms with E-state index in [0.29, 0.717) is 12.6 Å². The molecule has 0 aliphatic heterocycles. The summed E-state index contributed by atoms with van der Waals surface area (Å²) in [5.74, 6) is -0.213. The largest absolute Gasteiger partial charge is 0.468 e. The van der Waals surface area contributed by atoms with Gasteiger partial charge in [0.15, 0.2) is 0 Å². The number of likely N-dealkylation sites (N-methyl/N-ethyl adjacent to an activating group) is 2. The van der Waals surface area contributed by atoms with Gasteiger partial charge in [-0.25, -0.2) is 0 Å². The molecule has 5 nitrogen and oxygen atoms in total. The van der Waals surface area contributed by atoms with Crippen LogP contribution < -0.4 is 5.32 Å². The molecule has 1 N–H and O–H groups in total. The lowest BCUT2D eigenvalue weighted by Crippen LogP contribution is -2.40. The molecule has 96 valence electrons. The van der Waals surface area contributed by atoms with Gasteiger partial charge in [-0.05, 0) is 27.4 Å². The van der Waals surface area contributed by atoms with E-state index in [1.165, 1.54) is 7.11 Å². The first kappa shape index (κ1) is 15.3. The third kappa shape index (κ3) is 5.44. The first-order chi connectivity index (χ1) is 7.56. The van der Waals surface area contributed by atoms with E-state index in [1.807, 2.05) is 7.05 Å². The number of nitrogens with zero attached hydrogens (tertiary/aromatic N) is 1. The zero-order chi connectivity index (χ0) is 12.6. The van der Waals surface area contributed by atoms with Crippen LogP contribution in [0.1, 0.15) is 13.3 Å². The number of hydrogen-bond donors (Lipinski definition) is 1. The Morgan fingerprint density at radius 1 is 1.44 bits per heavy atom. The highest BCUT2D eigenvalue weighted by Crippen LogP contribution is 2.01. The maximum atomic E-state index is 11.3. The zero-order valence-electron chi connectivity index (χ0n) is 10.9. The van der Waals surface area contributed by atoms with Crippen LogP contribution in [-0.2, 0) is 14.3 Å². The number of rotatable bonds is 8. The third-order valence-corrected chi connectivity index (χ3v) is 2.76. The molecule has 2 atom stereocenters. The standard InChI is InChI=1S/C11H24N2O3/c1-9(8-15-4)13(3)7-6-10(12-2)11(14)16-5/h9-10,12H,6-8H2,1-5H3. The Balaban J connectivity index is 3.96. The monoisotopic (exact) mass is 232 g/mol. The number of hydrogen-bond acceptors (Lipinski definition) is 5. The molecule has 0 rings (SSSR count). The molecular formula is C11H24N2O3. The predicted octanol–water partition coefficient (Wildman–Crippen LogP) is 0.104. The van der Waals surface area contributed by atoms with Gasteiger partial charge in [0.05, 0.1) is 13.7 Å². The lowest BCUT2D eigenvalue weighted by atomic mass is 10.2. The second kappa shape index (κ2) is 8.50. The maximum absolute atomic E-state index is 11.3. The molecule has 0 radical (unpaired) electrons. The fourth-order valence-corrected chi connectivity index (χ4v) is 1.44. The predicted molar refractivity (Wildman–Crippen MR) is 63.4 cm³/mol. The normalized spacial score (nSPS) is 14.9. The molecule has 0 aromatic heterocycles. The topological polar surface area (TPSA) is 50.8 Å². The molecule has 0 heterocycles. The van der Waals surface area contributed by atoms with E-state index in [9.17, 15) is 4.79 Å². The summed E-state index contributed by atoms with van der Waals surface area (Å²) >= 11 is 0. The van der Waals surface area contributed by atoms with Crippen LogP contribution in [0.5, 0.6) is 0 Å². The van der Waals surface area contributed by atoms with Crippen molar-refractivity contribution in [2.24, 2.45) is 0 Å². The number of ether oxygens (including phenoxy) is 2. The van der Waals surface area contributed by atoms with E-state index in [2.05, 4.69) is 17.1 Å². The van der Waals surface area contributed by atoms with Gasteiger partial charge >= 0.3 is 5.97 Å². The first-order valence-electron chi connectivity index (χ1n) is 5.51. The number of carbonyl (C=O) groups excluding carboxylic acids is 1. The average molecular weight is 232 g/mol. The van der Waals surface area contributed by atoms with Crippen molar-refractivity contribution in [3.8, 4) is 0 Å². The third-order valence-electron chi connectivity index (χ3n) is 2.76. The minimum Gasteiger partial charge on any atom is -0.468 e. The van der Waals surface area contributed by atoms with Crippen LogP contribution in [0.3, 0.4) is 0 Å². The Bertz CT molecular complexity index is 200. The van der Waals surface area contributed by atoms with Crippen LogP contribution in [0.25, 0.3) is 0 Å². The Labute approximate surface area is 98.1 Å². The van der Waals surface area contributed by atoms with E-state index >= 15 is 0 Å². The van der Waals surface area contributed by atoms with Crippen molar-refractivity contribution in [2.45, 2.75) is 25.4 Å². The summed E-state index contributed by atoms with van der Waals surface area (Å²) in [6.07, 6.45) is 0.730. The summed E-state index contributed by atoms with van der Waals surface area (Å²) in [6, 6.07) is 0.113. The Morgan fingerprint density at radius 3 is 2.50 bits per heavy atom. The molecular weight excluding hydrogens is 208 g/mol. The molecule has 0 saturated heterocycles. The van der Waals surface area contributed by atoms with E-state index in [-0.39, 0.29) is 12.0 Å². The highest BCUT2D eigenvalue weighted by atomic mass is 16.5. The smallest absolute Gasteiger partial charge is 0.322 e. The van der Waals surface area contributed by atoms with Crippen molar-refractivity contribution < 1.29 is 14.3 Å². The number of esters is 1. The van der Waals surface area contributed by atoms with Gasteiger partial charge in [0.1, 0.15) is 6.04 Å². The molecule has 0 aromatic carbocycles. The lowest BCUT2D eigenvalue weighted by Gasteiger charge is -2.25. The highest BCUT2D eigenvalue weighted by Gasteiger charge is 2.18. The van der Waals surface area contributed by atoms with Gasteiger partial charge in [-0.2, -0.15) is 0 Å². The van der Waals surface area contributed by atoms with Crippen molar-refractivity contribution in [3.05, 3.63) is 0 Å². The SMILES string of the molecule is CNC(CCN(C)C(C)COC)C(=O)OC. The molecule has 0 fully saturated rings. The van der Waals surface area contributed by atoms with Crippen LogP contribution in [0.2, 0.25) is 0 Å². The summed E-state index contributed by atoms with van der Waals surface area (Å²) in [6.45, 7) is 3.61. The average Bonchev–Trinajstić information content (AvgIpc) is 2.29. The Kier molecular flexibility index (Phi) is 8.15. The minimum absolute atomic E-state index is 0.213. The molecule has 0 saturated carbocycles. The van der Waals surface area contributed by atoms with Gasteiger partial charge in [-0.3, -0.25) is 4.79 Å². The Hall–Kier alpha value is -0.650. The number of nitrogens with one attached hydrogen (secondary N) is 1. The van der Waals surface area contributed by atoms with E-state index in [0.717, 1.165) is 13.0 Å². The lowest BCUT2D eigenvalue weighted by molar-refractivity contribution is -0.143. The second-order valence-corrected chi connectivity index (χ2v) is 3.94. The second-order valence-electron chi connectivity index (χ2n) is 3.94. The molecule has 0 aliphatic carbocycles. The van der Waals surface area contributed by atoms with Crippen molar-refractivity contribution in [1.29, 1.82) is 0 Å². The van der Waals surface area contributed by atoms with E-state index in [1.54, 1.807) is 14.2 Å². The van der Waals surface area contributed by atoms with E-state index in [4.69, 9.17) is 9.47 Å². The summed E-state index contributed by atoms with van der Waals surface area (Å²) in [4.78, 5) is 13.5. The minimum atomic E-state index is -0.234. The van der Waals surface area contributed by atoms with Crippen molar-refractivity contribution in [2.75, 3.05) is 41.5 Å². The summed E-state index contributed by atoms with van der Waals surface area (Å²) in [7, 11) is 6.88. The van der Waals surface area contributed by atoms with Gasteiger partial charge in [-0.1, -0.05) is 0 Å². The van der Waals surface area contributed by atoms with E-state index < -0.39 is 0 Å². The van der Waals surface area contributed by atoms with Crippen LogP contribution >= 0.6 is 0 Å². The molecule has 5 heteroatoms. The molecule has 0 amide bonds. The van der Waals surface area contributed by atoms with Gasteiger partial charge in [0.25, 0.3) is 0 Å². The maximum Gasteiger partial charge on any atom is 0.322 e. The van der Waals surface area contributed by atoms with Crippen LogP contribution in [-0.4, -0.2) is 64.4 Å². The van der Waals surface area contributed by atoms with Crippen LogP contribution in [0.4, 0.5) is 0 Å². The van der Waals surface area contributed by atoms with Crippen molar-refractivity contribution >= 4 is 5.97 Å². The molecule has 0 aromatic rings. The summed E-state index contributed by atoms with van der Waals surface area (Å²) < 4.78 is 9.78. The van der Waals surface area contributed by atoms with Gasteiger partial charge in [-0.15, -0.1) is 0 Å². The van der Waals surface area contributed by atoms with Gasteiger partial charge in [0.2, 0.25) is 0 Å². The fourth-order valence-electron chi connectivity index (χ4n) is 1.44. The molecule has 0 bridgehead atoms. The zero-order valence-corrected chi connectivity index (χ0v) is 10.9. The molecule has 0 aliphatic rings. The van der Waals surface area contributed by atoms with Crippen molar-refractivity contribution in [1.82, 2.24) is 10.2 Å². The molecule has 0 spiro atoms. The fraction of sp³-hybridized carbons (Fsp3) is 0.909. The summed E-state index contributed by atoms with van der Waals surface area (Å²) in [5, 5.41) is 2.95. The number of methoxy groups -OCH3 is 2. The highest BCUT2D eigenvalue weighted by molar-refractivity contribution is 5.75.